The van der Waals surface area contributed by atoms with Crippen LogP contribution in [-0.2, 0) is 28.6 Å². The summed E-state index contributed by atoms with van der Waals surface area (Å²) >= 11 is 0. The van der Waals surface area contributed by atoms with Crippen LogP contribution in [0.3, 0.4) is 0 Å². The van der Waals surface area contributed by atoms with E-state index in [2.05, 4.69) is 35.1 Å². The number of para-hydroxylation sites is 1. The van der Waals surface area contributed by atoms with E-state index in [9.17, 15) is 4.79 Å². The maximum atomic E-state index is 11.8. The number of hydrogen-bond acceptors (Lipinski definition) is 2. The zero-order chi connectivity index (χ0) is 14.3. The van der Waals surface area contributed by atoms with Crippen LogP contribution in [0.5, 0.6) is 0 Å². The largest absolute Gasteiger partial charge is 0.368 e. The highest BCUT2D eigenvalue weighted by molar-refractivity contribution is 5.87. The minimum Gasteiger partial charge on any atom is -0.368 e. The number of amides is 1. The Hall–Kier alpha value is -1.81. The van der Waals surface area contributed by atoms with Gasteiger partial charge in [-0.2, -0.15) is 0 Å². The number of aryl methyl sites for hydroxylation is 1. The SMILES string of the molecule is CNC(=O)CC1(C)OCCc2c1n(C)c1ccccc21. The second-order valence-corrected chi connectivity index (χ2v) is 5.58. The maximum absolute atomic E-state index is 11.8. The summed E-state index contributed by atoms with van der Waals surface area (Å²) in [6, 6.07) is 8.38. The molecule has 4 heteroatoms. The van der Waals surface area contributed by atoms with Gasteiger partial charge in [0.15, 0.2) is 0 Å². The molecular formula is C16H20N2O2. The number of hydrogen-bond donors (Lipinski definition) is 1. The second-order valence-electron chi connectivity index (χ2n) is 5.58. The number of rotatable bonds is 2. The van der Waals surface area contributed by atoms with Crippen LogP contribution in [-0.4, -0.2) is 24.1 Å². The quantitative estimate of drug-likeness (QED) is 0.910. The first-order valence-electron chi connectivity index (χ1n) is 6.98. The van der Waals surface area contributed by atoms with Gasteiger partial charge in [-0.1, -0.05) is 18.2 Å². The lowest BCUT2D eigenvalue weighted by molar-refractivity contribution is -0.130. The lowest BCUT2D eigenvalue weighted by Gasteiger charge is -2.35. The minimum absolute atomic E-state index is 0.00519. The van der Waals surface area contributed by atoms with Crippen LogP contribution < -0.4 is 5.32 Å². The molecule has 4 nitrogen and oxygen atoms in total. The Morgan fingerprint density at radius 1 is 1.45 bits per heavy atom. The van der Waals surface area contributed by atoms with Gasteiger partial charge in [-0.3, -0.25) is 4.79 Å². The van der Waals surface area contributed by atoms with Crippen molar-refractivity contribution in [2.45, 2.75) is 25.4 Å². The average Bonchev–Trinajstić information content (AvgIpc) is 2.74. The van der Waals surface area contributed by atoms with Crippen LogP contribution in [0.25, 0.3) is 10.9 Å². The maximum Gasteiger partial charge on any atom is 0.223 e. The molecule has 0 bridgehead atoms. The molecule has 0 saturated carbocycles. The molecule has 1 aliphatic heterocycles. The zero-order valence-corrected chi connectivity index (χ0v) is 12.2. The monoisotopic (exact) mass is 272 g/mol. The van der Waals surface area contributed by atoms with Crippen molar-refractivity contribution in [1.29, 1.82) is 0 Å². The Labute approximate surface area is 118 Å². The third-order valence-corrected chi connectivity index (χ3v) is 4.26. The van der Waals surface area contributed by atoms with Crippen LogP contribution in [0.15, 0.2) is 24.3 Å². The van der Waals surface area contributed by atoms with Gasteiger partial charge < -0.3 is 14.6 Å². The third kappa shape index (κ3) is 1.83. The molecule has 1 atom stereocenters. The Balaban J connectivity index is 2.20. The lowest BCUT2D eigenvalue weighted by Crippen LogP contribution is -2.38. The first-order valence-corrected chi connectivity index (χ1v) is 6.98. The number of carbonyl (C=O) groups is 1. The zero-order valence-electron chi connectivity index (χ0n) is 12.2. The van der Waals surface area contributed by atoms with Crippen LogP contribution in [0.1, 0.15) is 24.6 Å². The van der Waals surface area contributed by atoms with E-state index in [0.29, 0.717) is 13.0 Å². The number of fused-ring (bicyclic) bond motifs is 3. The number of benzene rings is 1. The molecule has 1 aromatic heterocycles. The third-order valence-electron chi connectivity index (χ3n) is 4.26. The first-order chi connectivity index (χ1) is 9.57. The molecule has 0 saturated heterocycles. The van der Waals surface area contributed by atoms with E-state index in [0.717, 1.165) is 12.1 Å². The van der Waals surface area contributed by atoms with Crippen molar-refractivity contribution in [1.82, 2.24) is 9.88 Å². The van der Waals surface area contributed by atoms with Gasteiger partial charge in [0.25, 0.3) is 0 Å². The van der Waals surface area contributed by atoms with Crippen molar-refractivity contribution in [2.24, 2.45) is 7.05 Å². The van der Waals surface area contributed by atoms with E-state index in [1.165, 1.54) is 16.5 Å². The molecule has 1 aromatic carbocycles. The molecule has 2 aromatic rings. The van der Waals surface area contributed by atoms with Crippen LogP contribution in [0, 0.1) is 0 Å². The summed E-state index contributed by atoms with van der Waals surface area (Å²) in [4.78, 5) is 11.8. The van der Waals surface area contributed by atoms with Gasteiger partial charge in [-0.15, -0.1) is 0 Å². The molecule has 2 heterocycles. The summed E-state index contributed by atoms with van der Waals surface area (Å²) in [5.41, 5.74) is 3.10. The molecule has 1 aliphatic rings. The van der Waals surface area contributed by atoms with E-state index in [1.807, 2.05) is 13.0 Å². The van der Waals surface area contributed by atoms with Gasteiger partial charge in [0.2, 0.25) is 5.91 Å². The molecular weight excluding hydrogens is 252 g/mol. The molecule has 1 unspecified atom stereocenters. The minimum atomic E-state index is -0.554. The molecule has 106 valence electrons. The highest BCUT2D eigenvalue weighted by Crippen LogP contribution is 2.40. The van der Waals surface area contributed by atoms with Gasteiger partial charge in [0.05, 0.1) is 18.7 Å². The normalized spacial score (nSPS) is 21.8. The summed E-state index contributed by atoms with van der Waals surface area (Å²) in [6.45, 7) is 2.67. The molecule has 0 spiro atoms. The first kappa shape index (κ1) is 13.2. The van der Waals surface area contributed by atoms with Gasteiger partial charge in [0.1, 0.15) is 5.60 Å². The van der Waals surface area contributed by atoms with E-state index >= 15 is 0 Å². The predicted octanol–water partition coefficient (Wildman–Crippen LogP) is 2.10. The van der Waals surface area contributed by atoms with Gasteiger partial charge in [-0.05, 0) is 25.0 Å². The summed E-state index contributed by atoms with van der Waals surface area (Å²) in [6.07, 6.45) is 1.25. The fourth-order valence-corrected chi connectivity index (χ4v) is 3.38. The van der Waals surface area contributed by atoms with Crippen molar-refractivity contribution in [2.75, 3.05) is 13.7 Å². The number of carbonyl (C=O) groups excluding carboxylic acids is 1. The fourth-order valence-electron chi connectivity index (χ4n) is 3.38. The van der Waals surface area contributed by atoms with Crippen molar-refractivity contribution < 1.29 is 9.53 Å². The smallest absolute Gasteiger partial charge is 0.223 e. The number of nitrogens with zero attached hydrogens (tertiary/aromatic N) is 1. The van der Waals surface area contributed by atoms with Crippen molar-refractivity contribution in [3.63, 3.8) is 0 Å². The molecule has 1 N–H and O–H groups in total. The van der Waals surface area contributed by atoms with Gasteiger partial charge >= 0.3 is 0 Å². The van der Waals surface area contributed by atoms with E-state index in [4.69, 9.17) is 4.74 Å². The Morgan fingerprint density at radius 2 is 2.20 bits per heavy atom. The van der Waals surface area contributed by atoms with Crippen LogP contribution in [0.4, 0.5) is 0 Å². The van der Waals surface area contributed by atoms with E-state index < -0.39 is 5.60 Å². The molecule has 1 amide bonds. The second kappa shape index (κ2) is 4.63. The van der Waals surface area contributed by atoms with E-state index in [-0.39, 0.29) is 5.91 Å². The summed E-state index contributed by atoms with van der Waals surface area (Å²) in [5, 5.41) is 3.97. The summed E-state index contributed by atoms with van der Waals surface area (Å²) in [5.74, 6) is 0.00519. The van der Waals surface area contributed by atoms with Gasteiger partial charge in [-0.25, -0.2) is 0 Å². The Morgan fingerprint density at radius 3 is 2.95 bits per heavy atom. The van der Waals surface area contributed by atoms with Crippen molar-refractivity contribution in [3.8, 4) is 0 Å². The summed E-state index contributed by atoms with van der Waals surface area (Å²) < 4.78 is 8.17. The molecule has 3 rings (SSSR count). The standard InChI is InChI=1S/C16H20N2O2/c1-16(10-14(19)17-2)15-12(8-9-20-16)11-6-4-5-7-13(11)18(15)3/h4-7H,8-10H2,1-3H3,(H,17,19). The Bertz CT molecular complexity index is 674. The van der Waals surface area contributed by atoms with Crippen molar-refractivity contribution in [3.05, 3.63) is 35.5 Å². The Kier molecular flexibility index (Phi) is 3.05. The number of ether oxygens (including phenoxy) is 1. The lowest BCUT2D eigenvalue weighted by atomic mass is 9.89. The average molecular weight is 272 g/mol. The number of nitrogens with one attached hydrogen (secondary N) is 1. The highest BCUT2D eigenvalue weighted by Gasteiger charge is 2.39. The van der Waals surface area contributed by atoms with E-state index in [1.54, 1.807) is 7.05 Å². The highest BCUT2D eigenvalue weighted by atomic mass is 16.5. The predicted molar refractivity (Wildman–Crippen MR) is 78.6 cm³/mol. The molecule has 20 heavy (non-hydrogen) atoms. The number of aromatic nitrogens is 1. The van der Waals surface area contributed by atoms with Crippen molar-refractivity contribution >= 4 is 16.8 Å². The molecule has 0 radical (unpaired) electrons. The summed E-state index contributed by atoms with van der Waals surface area (Å²) in [7, 11) is 3.72. The van der Waals surface area contributed by atoms with Gasteiger partial charge in [0, 0.05) is 25.0 Å². The fraction of sp³-hybridized carbons (Fsp3) is 0.438. The molecule has 0 fully saturated rings. The molecule has 0 aliphatic carbocycles. The van der Waals surface area contributed by atoms with Crippen LogP contribution in [0.2, 0.25) is 0 Å². The van der Waals surface area contributed by atoms with Crippen LogP contribution >= 0.6 is 0 Å². The topological polar surface area (TPSA) is 43.3 Å².